The average Bonchev–Trinajstić information content (AvgIpc) is 2.61. The van der Waals surface area contributed by atoms with E-state index < -0.39 is 12.3 Å². The Labute approximate surface area is 107 Å². The molecule has 1 heterocycles. The molecule has 1 aromatic rings. The molecule has 5 heteroatoms. The number of alkyl halides is 1. The molecule has 1 saturated heterocycles. The summed E-state index contributed by atoms with van der Waals surface area (Å²) in [7, 11) is 0. The summed E-state index contributed by atoms with van der Waals surface area (Å²) in [5.41, 5.74) is 0. The van der Waals surface area contributed by atoms with Crippen LogP contribution in [0.1, 0.15) is 6.42 Å². The van der Waals surface area contributed by atoms with Crippen LogP contribution in [0.5, 0.6) is 5.75 Å². The summed E-state index contributed by atoms with van der Waals surface area (Å²) in [4.78, 5) is 13.1. The van der Waals surface area contributed by atoms with Crippen LogP contribution in [0.3, 0.4) is 0 Å². The molecular formula is C11H12INO3. The Kier molecular flexibility index (Phi) is 3.65. The molecule has 0 aliphatic carbocycles. The number of para-hydroxylation sites is 1. The van der Waals surface area contributed by atoms with Crippen molar-refractivity contribution in [2.75, 3.05) is 6.54 Å². The Balaban J connectivity index is 1.99. The first kappa shape index (κ1) is 11.7. The Bertz CT molecular complexity index is 371. The van der Waals surface area contributed by atoms with Gasteiger partial charge in [0.15, 0.2) is 0 Å². The lowest BCUT2D eigenvalue weighted by Gasteiger charge is -2.20. The zero-order valence-corrected chi connectivity index (χ0v) is 10.7. The summed E-state index contributed by atoms with van der Waals surface area (Å²) in [6.45, 7) is 0.542. The molecule has 16 heavy (non-hydrogen) atoms. The third-order valence-electron chi connectivity index (χ3n) is 2.47. The first-order chi connectivity index (χ1) is 7.68. The molecule has 2 atom stereocenters. The zero-order valence-electron chi connectivity index (χ0n) is 8.54. The fraction of sp³-hybridized carbons (Fsp3) is 0.364. The minimum absolute atomic E-state index is 0.0842. The van der Waals surface area contributed by atoms with Crippen LogP contribution in [0, 0.1) is 0 Å². The fourth-order valence-electron chi connectivity index (χ4n) is 1.59. The van der Waals surface area contributed by atoms with Crippen LogP contribution in [0.4, 0.5) is 4.79 Å². The molecule has 0 saturated carbocycles. The van der Waals surface area contributed by atoms with E-state index in [2.05, 4.69) is 22.6 Å². The predicted molar refractivity (Wildman–Crippen MR) is 67.6 cm³/mol. The lowest BCUT2D eigenvalue weighted by molar-refractivity contribution is 0.0490. The highest BCUT2D eigenvalue weighted by atomic mass is 127. The third-order valence-corrected chi connectivity index (χ3v) is 3.74. The monoisotopic (exact) mass is 333 g/mol. The molecular weight excluding hydrogens is 321 g/mol. The van der Waals surface area contributed by atoms with Crippen LogP contribution in [0.2, 0.25) is 0 Å². The van der Waals surface area contributed by atoms with Crippen molar-refractivity contribution in [2.24, 2.45) is 0 Å². The topological polar surface area (TPSA) is 49.8 Å². The molecule has 86 valence electrons. The Hall–Kier alpha value is -0.820. The van der Waals surface area contributed by atoms with Crippen molar-refractivity contribution in [3.63, 3.8) is 0 Å². The molecule has 1 aliphatic heterocycles. The maximum absolute atomic E-state index is 11.7. The third kappa shape index (κ3) is 2.46. The van der Waals surface area contributed by atoms with E-state index in [0.717, 1.165) is 6.42 Å². The first-order valence-electron chi connectivity index (χ1n) is 5.04. The first-order valence-corrected chi connectivity index (χ1v) is 6.28. The van der Waals surface area contributed by atoms with Crippen molar-refractivity contribution < 1.29 is 14.6 Å². The second-order valence-corrected chi connectivity index (χ2v) is 5.19. The number of rotatable bonds is 1. The molecule has 2 rings (SSSR count). The number of amides is 1. The van der Waals surface area contributed by atoms with Gasteiger partial charge in [0.2, 0.25) is 0 Å². The molecule has 1 aliphatic rings. The minimum Gasteiger partial charge on any atom is -0.410 e. The summed E-state index contributed by atoms with van der Waals surface area (Å²) >= 11 is 2.14. The summed E-state index contributed by atoms with van der Waals surface area (Å²) in [6, 6.07) is 8.86. The second-order valence-electron chi connectivity index (χ2n) is 3.59. The molecule has 1 N–H and O–H groups in total. The Morgan fingerprint density at radius 1 is 1.44 bits per heavy atom. The van der Waals surface area contributed by atoms with E-state index in [1.54, 1.807) is 24.3 Å². The molecule has 0 radical (unpaired) electrons. The largest absolute Gasteiger partial charge is 0.417 e. The van der Waals surface area contributed by atoms with Crippen LogP contribution < -0.4 is 4.74 Å². The molecule has 0 bridgehead atoms. The van der Waals surface area contributed by atoms with Gasteiger partial charge in [0.05, 0.1) is 3.92 Å². The summed E-state index contributed by atoms with van der Waals surface area (Å²) in [6.07, 6.45) is -0.430. The lowest BCUT2D eigenvalue weighted by Crippen LogP contribution is -2.39. The van der Waals surface area contributed by atoms with E-state index in [1.165, 1.54) is 4.90 Å². The van der Waals surface area contributed by atoms with E-state index in [1.807, 2.05) is 6.07 Å². The number of ether oxygens (including phenoxy) is 1. The summed E-state index contributed by atoms with van der Waals surface area (Å²) in [5.74, 6) is 0.497. The van der Waals surface area contributed by atoms with Crippen LogP contribution in [-0.4, -0.2) is 32.8 Å². The van der Waals surface area contributed by atoms with E-state index in [-0.39, 0.29) is 3.92 Å². The number of nitrogens with zero attached hydrogens (tertiary/aromatic N) is 1. The highest BCUT2D eigenvalue weighted by Crippen LogP contribution is 2.24. The quantitative estimate of drug-likeness (QED) is 0.632. The van der Waals surface area contributed by atoms with Gasteiger partial charge in [-0.1, -0.05) is 40.8 Å². The van der Waals surface area contributed by atoms with Crippen molar-refractivity contribution in [2.45, 2.75) is 16.6 Å². The lowest BCUT2D eigenvalue weighted by atomic mass is 10.3. The van der Waals surface area contributed by atoms with Gasteiger partial charge in [-0.05, 0) is 18.6 Å². The zero-order chi connectivity index (χ0) is 11.5. The number of hydrogen-bond acceptors (Lipinski definition) is 3. The van der Waals surface area contributed by atoms with Crippen molar-refractivity contribution in [1.82, 2.24) is 4.90 Å². The highest BCUT2D eigenvalue weighted by Gasteiger charge is 2.35. The minimum atomic E-state index is -0.739. The number of carbonyl (C=O) groups excluding carboxylic acids is 1. The van der Waals surface area contributed by atoms with Crippen LogP contribution in [0.25, 0.3) is 0 Å². The summed E-state index contributed by atoms with van der Waals surface area (Å²) in [5, 5.41) is 9.72. The molecule has 0 aromatic heterocycles. The van der Waals surface area contributed by atoms with Gasteiger partial charge < -0.3 is 9.84 Å². The Morgan fingerprint density at radius 2 is 2.12 bits per heavy atom. The summed E-state index contributed by atoms with van der Waals surface area (Å²) < 4.78 is 5.22. The molecule has 1 aromatic carbocycles. The molecule has 0 unspecified atom stereocenters. The normalized spacial score (nSPS) is 24.5. The van der Waals surface area contributed by atoms with Crippen molar-refractivity contribution in [3.05, 3.63) is 30.3 Å². The number of benzene rings is 1. The SMILES string of the molecule is O=C(Oc1ccccc1)N1CC[C@H](I)[C@H]1O. The highest BCUT2D eigenvalue weighted by molar-refractivity contribution is 14.1. The van der Waals surface area contributed by atoms with E-state index >= 15 is 0 Å². The van der Waals surface area contributed by atoms with E-state index in [9.17, 15) is 9.90 Å². The fourth-order valence-corrected chi connectivity index (χ4v) is 2.25. The number of likely N-dealkylation sites (tertiary alicyclic amines) is 1. The van der Waals surface area contributed by atoms with Crippen molar-refractivity contribution in [3.8, 4) is 5.75 Å². The maximum atomic E-state index is 11.7. The number of aliphatic hydroxyl groups is 1. The van der Waals surface area contributed by atoms with Crippen LogP contribution >= 0.6 is 22.6 Å². The van der Waals surface area contributed by atoms with Gasteiger partial charge in [0, 0.05) is 6.54 Å². The average molecular weight is 333 g/mol. The van der Waals surface area contributed by atoms with Gasteiger partial charge in [0.25, 0.3) is 0 Å². The molecule has 1 amide bonds. The van der Waals surface area contributed by atoms with Gasteiger partial charge in [-0.25, -0.2) is 4.79 Å². The van der Waals surface area contributed by atoms with Gasteiger partial charge in [-0.15, -0.1) is 0 Å². The molecule has 0 spiro atoms. The van der Waals surface area contributed by atoms with Gasteiger partial charge >= 0.3 is 6.09 Å². The van der Waals surface area contributed by atoms with Gasteiger partial charge in [-0.2, -0.15) is 0 Å². The molecule has 4 nitrogen and oxygen atoms in total. The number of carbonyl (C=O) groups is 1. The molecule has 1 fully saturated rings. The smallest absolute Gasteiger partial charge is 0.410 e. The van der Waals surface area contributed by atoms with E-state index in [0.29, 0.717) is 12.3 Å². The number of halogens is 1. The second kappa shape index (κ2) is 5.01. The van der Waals surface area contributed by atoms with Crippen LogP contribution in [-0.2, 0) is 0 Å². The van der Waals surface area contributed by atoms with E-state index in [4.69, 9.17) is 4.74 Å². The predicted octanol–water partition coefficient (Wildman–Crippen LogP) is 2.01. The standard InChI is InChI=1S/C11H12INO3/c12-9-6-7-13(10(9)14)11(15)16-8-4-2-1-3-5-8/h1-5,9-10,14H,6-7H2/t9-,10+/m0/s1. The number of aliphatic hydroxyl groups excluding tert-OH is 1. The van der Waals surface area contributed by atoms with Gasteiger partial charge in [0.1, 0.15) is 12.0 Å². The maximum Gasteiger partial charge on any atom is 0.417 e. The van der Waals surface area contributed by atoms with Crippen molar-refractivity contribution in [1.29, 1.82) is 0 Å². The van der Waals surface area contributed by atoms with Gasteiger partial charge in [-0.3, -0.25) is 4.90 Å². The number of hydrogen-bond donors (Lipinski definition) is 1. The van der Waals surface area contributed by atoms with Crippen LogP contribution in [0.15, 0.2) is 30.3 Å². The Morgan fingerprint density at radius 3 is 2.69 bits per heavy atom. The van der Waals surface area contributed by atoms with Crippen molar-refractivity contribution >= 4 is 28.7 Å².